The van der Waals surface area contributed by atoms with E-state index in [0.29, 0.717) is 18.7 Å². The number of hydrogen-bond acceptors (Lipinski definition) is 2. The zero-order valence-electron chi connectivity index (χ0n) is 11.2. The maximum atomic E-state index is 13.0. The molecule has 3 nitrogen and oxygen atoms in total. The van der Waals surface area contributed by atoms with Crippen molar-refractivity contribution in [2.45, 2.75) is 19.4 Å². The summed E-state index contributed by atoms with van der Waals surface area (Å²) in [4.78, 5) is 13.6. The van der Waals surface area contributed by atoms with Crippen molar-refractivity contribution in [1.29, 1.82) is 0 Å². The number of hydrogen-bond donors (Lipinski definition) is 1. The Bertz CT molecular complexity index is 533. The highest BCUT2D eigenvalue weighted by Crippen LogP contribution is 2.19. The van der Waals surface area contributed by atoms with Crippen LogP contribution in [0.4, 0.5) is 4.39 Å². The van der Waals surface area contributed by atoms with Gasteiger partial charge in [0.25, 0.3) is 0 Å². The number of amides is 1. The van der Waals surface area contributed by atoms with E-state index in [1.807, 2.05) is 6.92 Å². The van der Waals surface area contributed by atoms with E-state index in [4.69, 9.17) is 11.6 Å². The topological polar surface area (TPSA) is 40.5 Å². The summed E-state index contributed by atoms with van der Waals surface area (Å²) in [5.41, 5.74) is 0.663. The van der Waals surface area contributed by atoms with Gasteiger partial charge in [-0.05, 0) is 36.1 Å². The number of aliphatic hydroxyl groups is 1. The summed E-state index contributed by atoms with van der Waals surface area (Å²) in [5, 5.41) is 9.80. The molecule has 1 aromatic carbocycles. The second-order valence-corrected chi connectivity index (χ2v) is 5.53. The molecule has 0 radical (unpaired) electrons. The van der Waals surface area contributed by atoms with Gasteiger partial charge in [-0.1, -0.05) is 24.6 Å². The van der Waals surface area contributed by atoms with Crippen LogP contribution in [0, 0.1) is 11.7 Å². The number of carbonyl (C=O) groups is 1. The van der Waals surface area contributed by atoms with Crippen molar-refractivity contribution in [2.75, 3.05) is 13.1 Å². The first-order valence-corrected chi connectivity index (χ1v) is 6.95. The van der Waals surface area contributed by atoms with Gasteiger partial charge in [-0.15, -0.1) is 0 Å². The highest BCUT2D eigenvalue weighted by molar-refractivity contribution is 6.30. The van der Waals surface area contributed by atoms with Crippen LogP contribution in [-0.4, -0.2) is 35.1 Å². The molecule has 0 aromatic heterocycles. The molecule has 1 fully saturated rings. The molecule has 0 saturated carbocycles. The number of aliphatic hydroxyl groups excluding tert-OH is 1. The fourth-order valence-electron chi connectivity index (χ4n) is 2.14. The zero-order valence-corrected chi connectivity index (χ0v) is 12.0. The molecular weight excluding hydrogens is 281 g/mol. The molecule has 0 bridgehead atoms. The zero-order chi connectivity index (χ0) is 14.7. The quantitative estimate of drug-likeness (QED) is 0.853. The van der Waals surface area contributed by atoms with Gasteiger partial charge in [0.2, 0.25) is 5.91 Å². The van der Waals surface area contributed by atoms with Gasteiger partial charge in [0.1, 0.15) is 5.82 Å². The first kappa shape index (κ1) is 15.0. The number of halogens is 2. The number of nitrogens with zero attached hydrogens (tertiary/aromatic N) is 1. The molecule has 2 rings (SSSR count). The van der Waals surface area contributed by atoms with Gasteiger partial charge in [-0.2, -0.15) is 0 Å². The third-order valence-corrected chi connectivity index (χ3v) is 3.88. The van der Waals surface area contributed by atoms with Gasteiger partial charge in [-0.3, -0.25) is 4.79 Å². The number of benzene rings is 1. The van der Waals surface area contributed by atoms with Gasteiger partial charge < -0.3 is 10.0 Å². The van der Waals surface area contributed by atoms with E-state index >= 15 is 0 Å². The molecule has 20 heavy (non-hydrogen) atoms. The summed E-state index contributed by atoms with van der Waals surface area (Å²) in [6.07, 6.45) is 3.34. The lowest BCUT2D eigenvalue weighted by Crippen LogP contribution is -2.45. The van der Waals surface area contributed by atoms with Crippen LogP contribution in [0.5, 0.6) is 0 Å². The minimum absolute atomic E-state index is 0.0295. The molecule has 1 saturated heterocycles. The van der Waals surface area contributed by atoms with Crippen LogP contribution in [0.3, 0.4) is 0 Å². The summed E-state index contributed by atoms with van der Waals surface area (Å²) in [6.45, 7) is 2.98. The second kappa shape index (κ2) is 6.37. The second-order valence-electron chi connectivity index (χ2n) is 5.12. The highest BCUT2D eigenvalue weighted by Gasteiger charge is 2.26. The monoisotopic (exact) mass is 297 g/mol. The van der Waals surface area contributed by atoms with E-state index in [-0.39, 0.29) is 16.8 Å². The van der Waals surface area contributed by atoms with Crippen molar-refractivity contribution in [2.24, 2.45) is 5.92 Å². The molecule has 1 aliphatic rings. The summed E-state index contributed by atoms with van der Waals surface area (Å²) in [7, 11) is 0. The third-order valence-electron chi connectivity index (χ3n) is 3.59. The number of piperidine rings is 1. The first-order valence-electron chi connectivity index (χ1n) is 6.57. The van der Waals surface area contributed by atoms with Crippen molar-refractivity contribution in [3.63, 3.8) is 0 Å². The summed E-state index contributed by atoms with van der Waals surface area (Å²) in [6, 6.07) is 4.28. The minimum atomic E-state index is -0.483. The SMILES string of the molecule is CC1CCN(C(=O)/C=C/c2ccc(F)c(Cl)c2)CC1O. The van der Waals surface area contributed by atoms with Gasteiger partial charge >= 0.3 is 0 Å². The molecular formula is C15H17ClFNO2. The predicted octanol–water partition coefficient (Wildman–Crippen LogP) is 2.72. The number of carbonyl (C=O) groups excluding carboxylic acids is 1. The largest absolute Gasteiger partial charge is 0.391 e. The van der Waals surface area contributed by atoms with Crippen LogP contribution in [-0.2, 0) is 4.79 Å². The van der Waals surface area contributed by atoms with Crippen molar-refractivity contribution >= 4 is 23.6 Å². The third kappa shape index (κ3) is 3.58. The first-order chi connectivity index (χ1) is 9.47. The fraction of sp³-hybridized carbons (Fsp3) is 0.400. The standard InChI is InChI=1S/C15H17ClFNO2/c1-10-6-7-18(9-14(10)19)15(20)5-3-11-2-4-13(17)12(16)8-11/h2-5,8,10,14,19H,6-7,9H2,1H3/b5-3+. The van der Waals surface area contributed by atoms with Crippen molar-refractivity contribution in [3.8, 4) is 0 Å². The lowest BCUT2D eigenvalue weighted by atomic mass is 9.96. The van der Waals surface area contributed by atoms with E-state index in [0.717, 1.165) is 6.42 Å². The van der Waals surface area contributed by atoms with E-state index in [1.54, 1.807) is 17.0 Å². The van der Waals surface area contributed by atoms with E-state index in [9.17, 15) is 14.3 Å². The normalized spacial score (nSPS) is 23.3. The van der Waals surface area contributed by atoms with Crippen LogP contribution in [0.2, 0.25) is 5.02 Å². The van der Waals surface area contributed by atoms with Crippen LogP contribution in [0.25, 0.3) is 6.08 Å². The van der Waals surface area contributed by atoms with E-state index < -0.39 is 11.9 Å². The fourth-order valence-corrected chi connectivity index (χ4v) is 2.33. The van der Waals surface area contributed by atoms with Crippen molar-refractivity contribution in [3.05, 3.63) is 40.7 Å². The maximum Gasteiger partial charge on any atom is 0.246 e. The number of β-amino-alcohol motifs (C(OH)–C–C–N with tert-alkyl or cyclic N) is 1. The lowest BCUT2D eigenvalue weighted by molar-refractivity contribution is -0.130. The number of likely N-dealkylation sites (tertiary alicyclic amines) is 1. The van der Waals surface area contributed by atoms with Crippen LogP contribution < -0.4 is 0 Å². The Morgan fingerprint density at radius 3 is 2.95 bits per heavy atom. The molecule has 1 heterocycles. The van der Waals surface area contributed by atoms with Gasteiger partial charge in [-0.25, -0.2) is 4.39 Å². The Morgan fingerprint density at radius 2 is 2.30 bits per heavy atom. The Balaban J connectivity index is 2.00. The predicted molar refractivity (Wildman–Crippen MR) is 76.8 cm³/mol. The van der Waals surface area contributed by atoms with Gasteiger partial charge in [0.15, 0.2) is 0 Å². The lowest BCUT2D eigenvalue weighted by Gasteiger charge is -2.33. The van der Waals surface area contributed by atoms with Crippen molar-refractivity contribution < 1.29 is 14.3 Å². The summed E-state index contributed by atoms with van der Waals surface area (Å²) >= 11 is 5.68. The molecule has 1 aliphatic heterocycles. The van der Waals surface area contributed by atoms with Gasteiger partial charge in [0, 0.05) is 19.2 Å². The molecule has 1 amide bonds. The molecule has 1 aromatic rings. The van der Waals surface area contributed by atoms with E-state index in [1.165, 1.54) is 18.2 Å². The molecule has 108 valence electrons. The van der Waals surface area contributed by atoms with Gasteiger partial charge in [0.05, 0.1) is 11.1 Å². The molecule has 2 unspecified atom stereocenters. The van der Waals surface area contributed by atoms with Crippen LogP contribution in [0.15, 0.2) is 24.3 Å². The number of rotatable bonds is 2. The van der Waals surface area contributed by atoms with Crippen LogP contribution in [0.1, 0.15) is 18.9 Å². The molecule has 2 atom stereocenters. The minimum Gasteiger partial charge on any atom is -0.391 e. The van der Waals surface area contributed by atoms with Crippen molar-refractivity contribution in [1.82, 2.24) is 4.90 Å². The Kier molecular flexibility index (Phi) is 4.78. The highest BCUT2D eigenvalue weighted by atomic mass is 35.5. The average Bonchev–Trinajstić information content (AvgIpc) is 2.43. The Hall–Kier alpha value is -1.39. The maximum absolute atomic E-state index is 13.0. The smallest absolute Gasteiger partial charge is 0.246 e. The molecule has 0 spiro atoms. The van der Waals surface area contributed by atoms with Crippen LogP contribution >= 0.6 is 11.6 Å². The summed E-state index contributed by atoms with van der Waals surface area (Å²) < 4.78 is 13.0. The summed E-state index contributed by atoms with van der Waals surface area (Å²) in [5.74, 6) is -0.418. The van der Waals surface area contributed by atoms with E-state index in [2.05, 4.69) is 0 Å². The molecule has 1 N–H and O–H groups in total. The Labute approximate surface area is 122 Å². The molecule has 5 heteroatoms. The average molecular weight is 298 g/mol. The Morgan fingerprint density at radius 1 is 1.55 bits per heavy atom. The molecule has 0 aliphatic carbocycles.